The molecule has 1 aliphatic carbocycles. The molecule has 0 atom stereocenters. The Balaban J connectivity index is 1.47. The monoisotopic (exact) mass is 444 g/mol. The fourth-order valence-electron chi connectivity index (χ4n) is 4.26. The Morgan fingerprint density at radius 2 is 1.61 bits per heavy atom. The molecule has 0 fully saturated rings. The van der Waals surface area contributed by atoms with Crippen LogP contribution in [-0.4, -0.2) is 23.1 Å². The van der Waals surface area contributed by atoms with Crippen molar-refractivity contribution in [2.45, 2.75) is 59.2 Å². The first-order chi connectivity index (χ1) is 15.7. The smallest absolute Gasteiger partial charge is 0.163 e. The summed E-state index contributed by atoms with van der Waals surface area (Å²) in [7, 11) is 0. The largest absolute Gasteiger partial charge is 0.493 e. The van der Waals surface area contributed by atoms with Crippen molar-refractivity contribution < 1.29 is 19.4 Å². The van der Waals surface area contributed by atoms with Crippen molar-refractivity contribution in [2.24, 2.45) is 0 Å². The minimum Gasteiger partial charge on any atom is -0.493 e. The number of hydrogen-bond donors (Lipinski definition) is 1. The minimum absolute atomic E-state index is 0.226. The van der Waals surface area contributed by atoms with Crippen molar-refractivity contribution in [3.05, 3.63) is 82.4 Å². The van der Waals surface area contributed by atoms with Gasteiger partial charge in [0, 0.05) is 18.4 Å². The number of benzene rings is 3. The van der Waals surface area contributed by atoms with Crippen LogP contribution in [0.1, 0.15) is 59.3 Å². The molecule has 0 saturated heterocycles. The van der Waals surface area contributed by atoms with Gasteiger partial charge in [0.2, 0.25) is 0 Å². The van der Waals surface area contributed by atoms with Gasteiger partial charge >= 0.3 is 0 Å². The zero-order valence-electron chi connectivity index (χ0n) is 19.9. The average Bonchev–Trinajstić information content (AvgIpc) is 3.13. The summed E-state index contributed by atoms with van der Waals surface area (Å²) in [5.41, 5.74) is 7.00. The standard InChI is InChI=1S/C29H32O4/c1-19-16-23(32-15-14-29(3,4)31)9-11-25(19)26-7-5-6-22(20(26)2)18-33-24-10-12-27-21(17-24)8-13-28(27)30/h5-7,9-12,16-17,31H,8,13-15,18H2,1-4H3. The summed E-state index contributed by atoms with van der Waals surface area (Å²) < 4.78 is 11.9. The summed E-state index contributed by atoms with van der Waals surface area (Å²) in [6, 6.07) is 18.2. The third-order valence-corrected chi connectivity index (χ3v) is 6.31. The molecule has 1 aliphatic rings. The molecule has 1 N–H and O–H groups in total. The van der Waals surface area contributed by atoms with Gasteiger partial charge in [0.25, 0.3) is 0 Å². The molecule has 0 spiro atoms. The molecular weight excluding hydrogens is 412 g/mol. The van der Waals surface area contributed by atoms with Gasteiger partial charge in [-0.25, -0.2) is 0 Å². The summed E-state index contributed by atoms with van der Waals surface area (Å²) in [4.78, 5) is 11.9. The summed E-state index contributed by atoms with van der Waals surface area (Å²) in [5.74, 6) is 1.84. The van der Waals surface area contributed by atoms with Gasteiger partial charge in [-0.05, 0) is 97.8 Å². The van der Waals surface area contributed by atoms with Crippen molar-refractivity contribution >= 4 is 5.78 Å². The highest BCUT2D eigenvalue weighted by molar-refractivity contribution is 6.00. The average molecular weight is 445 g/mol. The lowest BCUT2D eigenvalue weighted by Gasteiger charge is -2.18. The maximum Gasteiger partial charge on any atom is 0.163 e. The normalized spacial score (nSPS) is 13.2. The van der Waals surface area contributed by atoms with Crippen LogP contribution in [0.4, 0.5) is 0 Å². The molecule has 172 valence electrons. The maximum atomic E-state index is 11.9. The summed E-state index contributed by atoms with van der Waals surface area (Å²) >= 11 is 0. The molecular formula is C29H32O4. The predicted molar refractivity (Wildman–Crippen MR) is 131 cm³/mol. The Morgan fingerprint density at radius 3 is 2.33 bits per heavy atom. The van der Waals surface area contributed by atoms with Crippen molar-refractivity contribution in [3.63, 3.8) is 0 Å². The van der Waals surface area contributed by atoms with Crippen LogP contribution in [0.15, 0.2) is 54.6 Å². The van der Waals surface area contributed by atoms with Crippen LogP contribution < -0.4 is 9.47 Å². The summed E-state index contributed by atoms with van der Waals surface area (Å²) in [6.45, 7) is 8.74. The number of ketones is 1. The van der Waals surface area contributed by atoms with Gasteiger partial charge in [-0.15, -0.1) is 0 Å². The molecule has 0 bridgehead atoms. The van der Waals surface area contributed by atoms with Gasteiger partial charge in [0.05, 0.1) is 12.2 Å². The number of fused-ring (bicyclic) bond motifs is 1. The second kappa shape index (κ2) is 9.40. The van der Waals surface area contributed by atoms with Crippen LogP contribution in [0.2, 0.25) is 0 Å². The van der Waals surface area contributed by atoms with Gasteiger partial charge in [-0.1, -0.05) is 24.3 Å². The van der Waals surface area contributed by atoms with Crippen LogP contribution in [0.25, 0.3) is 11.1 Å². The molecule has 0 radical (unpaired) electrons. The Kier molecular flexibility index (Phi) is 6.57. The van der Waals surface area contributed by atoms with Crippen LogP contribution >= 0.6 is 0 Å². The number of aryl methyl sites for hydroxylation is 2. The van der Waals surface area contributed by atoms with E-state index < -0.39 is 5.60 Å². The minimum atomic E-state index is -0.730. The van der Waals surface area contributed by atoms with E-state index in [1.807, 2.05) is 30.3 Å². The number of carbonyl (C=O) groups excluding carboxylic acids is 1. The molecule has 3 aromatic rings. The van der Waals surface area contributed by atoms with Gasteiger partial charge < -0.3 is 14.6 Å². The number of ether oxygens (including phenoxy) is 2. The number of carbonyl (C=O) groups is 1. The second-order valence-electron chi connectivity index (χ2n) is 9.51. The van der Waals surface area contributed by atoms with E-state index in [2.05, 4.69) is 38.1 Å². The number of hydrogen-bond acceptors (Lipinski definition) is 4. The van der Waals surface area contributed by atoms with Crippen LogP contribution in [-0.2, 0) is 13.0 Å². The van der Waals surface area contributed by atoms with Crippen LogP contribution in [0.3, 0.4) is 0 Å². The fourth-order valence-corrected chi connectivity index (χ4v) is 4.26. The third kappa shape index (κ3) is 5.45. The van der Waals surface area contributed by atoms with E-state index in [4.69, 9.17) is 9.47 Å². The molecule has 0 heterocycles. The van der Waals surface area contributed by atoms with Crippen molar-refractivity contribution in [3.8, 4) is 22.6 Å². The second-order valence-corrected chi connectivity index (χ2v) is 9.51. The van der Waals surface area contributed by atoms with Crippen LogP contribution in [0, 0.1) is 13.8 Å². The van der Waals surface area contributed by atoms with Gasteiger partial charge in [-0.3, -0.25) is 4.79 Å². The van der Waals surface area contributed by atoms with E-state index >= 15 is 0 Å². The molecule has 0 unspecified atom stereocenters. The molecule has 4 nitrogen and oxygen atoms in total. The molecule has 4 rings (SSSR count). The quantitative estimate of drug-likeness (QED) is 0.448. The summed E-state index contributed by atoms with van der Waals surface area (Å²) in [6.07, 6.45) is 1.98. The van der Waals surface area contributed by atoms with Crippen molar-refractivity contribution in [1.82, 2.24) is 0 Å². The highest BCUT2D eigenvalue weighted by Crippen LogP contribution is 2.32. The first kappa shape index (κ1) is 23.1. The lowest BCUT2D eigenvalue weighted by atomic mass is 9.93. The predicted octanol–water partition coefficient (Wildman–Crippen LogP) is 6.22. The number of aliphatic hydroxyl groups is 1. The van der Waals surface area contributed by atoms with E-state index in [1.165, 1.54) is 16.7 Å². The zero-order valence-corrected chi connectivity index (χ0v) is 19.9. The molecule has 0 amide bonds. The first-order valence-electron chi connectivity index (χ1n) is 11.5. The van der Waals surface area contributed by atoms with E-state index in [9.17, 15) is 9.90 Å². The van der Waals surface area contributed by atoms with Crippen molar-refractivity contribution in [2.75, 3.05) is 6.61 Å². The van der Waals surface area contributed by atoms with Crippen LogP contribution in [0.5, 0.6) is 11.5 Å². The first-order valence-corrected chi connectivity index (χ1v) is 11.5. The topological polar surface area (TPSA) is 55.8 Å². The molecule has 0 aromatic heterocycles. The summed E-state index contributed by atoms with van der Waals surface area (Å²) in [5, 5.41) is 9.86. The Labute approximate surface area is 196 Å². The molecule has 4 heteroatoms. The zero-order chi connectivity index (χ0) is 23.6. The SMILES string of the molecule is Cc1cc(OCCC(C)(C)O)ccc1-c1cccc(COc2ccc3c(c2)CCC3=O)c1C. The highest BCUT2D eigenvalue weighted by atomic mass is 16.5. The Morgan fingerprint density at radius 1 is 0.879 bits per heavy atom. The third-order valence-electron chi connectivity index (χ3n) is 6.31. The molecule has 3 aromatic carbocycles. The van der Waals surface area contributed by atoms with Gasteiger partial charge in [0.1, 0.15) is 18.1 Å². The highest BCUT2D eigenvalue weighted by Gasteiger charge is 2.19. The van der Waals surface area contributed by atoms with Gasteiger partial charge in [-0.2, -0.15) is 0 Å². The number of Topliss-reactive ketones (excluding diaryl/α,β-unsaturated/α-hetero) is 1. The van der Waals surface area contributed by atoms with E-state index in [1.54, 1.807) is 13.8 Å². The van der Waals surface area contributed by atoms with E-state index in [0.29, 0.717) is 26.1 Å². The van der Waals surface area contributed by atoms with Gasteiger partial charge in [0.15, 0.2) is 5.78 Å². The van der Waals surface area contributed by atoms with E-state index in [0.717, 1.165) is 40.2 Å². The maximum absolute atomic E-state index is 11.9. The van der Waals surface area contributed by atoms with Crippen molar-refractivity contribution in [1.29, 1.82) is 0 Å². The Bertz CT molecular complexity index is 1170. The lowest BCUT2D eigenvalue weighted by Crippen LogP contribution is -2.21. The van der Waals surface area contributed by atoms with E-state index in [-0.39, 0.29) is 5.78 Å². The fraction of sp³-hybridized carbons (Fsp3) is 0.345. The molecule has 0 saturated carbocycles. The molecule has 0 aliphatic heterocycles. The lowest BCUT2D eigenvalue weighted by molar-refractivity contribution is 0.0553. The molecule has 33 heavy (non-hydrogen) atoms. The Hall–Kier alpha value is -3.11. The number of rotatable bonds is 8.